The molecule has 11 nitrogen and oxygen atoms in total. The van der Waals surface area contributed by atoms with Crippen LogP contribution in [0.25, 0.3) is 44.9 Å². The Hall–Kier alpha value is -4.76. The van der Waals surface area contributed by atoms with Gasteiger partial charge in [0.2, 0.25) is 11.8 Å². The number of β-amino-alcohol motifs (C(OH)–C–C–N with tert-alkyl or cyclic N) is 1. The lowest BCUT2D eigenvalue weighted by atomic mass is 9.94. The van der Waals surface area contributed by atoms with Crippen molar-refractivity contribution in [2.45, 2.75) is 57.7 Å². The lowest BCUT2D eigenvalue weighted by Gasteiger charge is -2.24. The molecule has 2 aliphatic heterocycles. The number of oxazole rings is 1. The molecule has 2 aromatic heterocycles. The number of ether oxygens (including phenoxy) is 2. The predicted octanol–water partition coefficient (Wildman–Crippen LogP) is 7.45. The van der Waals surface area contributed by atoms with Crippen molar-refractivity contribution in [1.29, 1.82) is 0 Å². The Labute approximate surface area is 313 Å². The summed E-state index contributed by atoms with van der Waals surface area (Å²) in [5.74, 6) is -1.42. The molecule has 54 heavy (non-hydrogen) atoms. The number of halogens is 4. The highest BCUT2D eigenvalue weighted by atomic mass is 35.5. The molecule has 0 amide bonds. The number of alkyl halides is 3. The van der Waals surface area contributed by atoms with Crippen molar-refractivity contribution >= 4 is 28.7 Å². The van der Waals surface area contributed by atoms with E-state index in [1.807, 2.05) is 36.1 Å². The normalized spacial score (nSPS) is 20.5. The van der Waals surface area contributed by atoms with Gasteiger partial charge in [-0.2, -0.15) is 0 Å². The Bertz CT molecular complexity index is 2260. The first kappa shape index (κ1) is 36.2. The molecule has 0 bridgehead atoms. The number of aliphatic hydroxyl groups excluding tert-OH is 1. The summed E-state index contributed by atoms with van der Waals surface area (Å²) in [4.78, 5) is 29.9. The van der Waals surface area contributed by atoms with Gasteiger partial charge >= 0.3 is 12.3 Å². The number of aliphatic hydroxyl groups is 1. The summed E-state index contributed by atoms with van der Waals surface area (Å²) in [7, 11) is 1.55. The van der Waals surface area contributed by atoms with Crippen LogP contribution < -0.4 is 9.47 Å². The quantitative estimate of drug-likeness (QED) is 0.155. The topological polar surface area (TPSA) is 134 Å². The number of likely N-dealkylation sites (tertiary alicyclic amines) is 2. The van der Waals surface area contributed by atoms with Crippen LogP contribution in [0.15, 0.2) is 53.1 Å². The van der Waals surface area contributed by atoms with Gasteiger partial charge < -0.3 is 24.1 Å². The lowest BCUT2D eigenvalue weighted by Crippen LogP contribution is -2.26. The summed E-state index contributed by atoms with van der Waals surface area (Å²) in [6, 6.07) is 12.5. The number of carboxylic acid groups (broad SMARTS) is 1. The smallest absolute Gasteiger partial charge is 0.481 e. The molecular weight excluding hydrogens is 727 g/mol. The summed E-state index contributed by atoms with van der Waals surface area (Å²) in [6.07, 6.45) is -1.63. The van der Waals surface area contributed by atoms with Gasteiger partial charge in [0.25, 0.3) is 0 Å². The van der Waals surface area contributed by atoms with Gasteiger partial charge in [0, 0.05) is 48.9 Å². The highest BCUT2D eigenvalue weighted by Gasteiger charge is 2.41. The number of hydrogen-bond donors (Lipinski definition) is 2. The Morgan fingerprint density at radius 2 is 1.80 bits per heavy atom. The third-order valence-electron chi connectivity index (χ3n) is 10.8. The third-order valence-corrected chi connectivity index (χ3v) is 11.2. The fourth-order valence-electron chi connectivity index (χ4n) is 8.15. The number of carboxylic acids is 1. The van der Waals surface area contributed by atoms with Gasteiger partial charge in [-0.25, -0.2) is 9.97 Å². The summed E-state index contributed by atoms with van der Waals surface area (Å²) >= 11 is 7.09. The molecule has 0 saturated carbocycles. The number of aliphatic carboxylic acids is 1. The highest BCUT2D eigenvalue weighted by Crippen LogP contribution is 2.48. The molecule has 0 radical (unpaired) electrons. The summed E-state index contributed by atoms with van der Waals surface area (Å²) in [5, 5.41) is 19.8. The Kier molecular flexibility index (Phi) is 9.49. The molecule has 2 N–H and O–H groups in total. The van der Waals surface area contributed by atoms with Crippen LogP contribution in [0.4, 0.5) is 13.2 Å². The van der Waals surface area contributed by atoms with Gasteiger partial charge in [0.05, 0.1) is 41.6 Å². The van der Waals surface area contributed by atoms with Crippen LogP contribution in [0, 0.1) is 12.8 Å². The Morgan fingerprint density at radius 1 is 1.04 bits per heavy atom. The van der Waals surface area contributed by atoms with Crippen molar-refractivity contribution in [3.8, 4) is 45.5 Å². The molecule has 3 atom stereocenters. The highest BCUT2D eigenvalue weighted by molar-refractivity contribution is 6.36. The van der Waals surface area contributed by atoms with Crippen LogP contribution >= 0.6 is 11.6 Å². The zero-order chi connectivity index (χ0) is 37.9. The second-order valence-corrected chi connectivity index (χ2v) is 14.5. The number of rotatable bonds is 9. The Morgan fingerprint density at radius 3 is 2.50 bits per heavy atom. The van der Waals surface area contributed by atoms with Gasteiger partial charge in [0.15, 0.2) is 11.3 Å². The molecule has 0 unspecified atom stereocenters. The SMILES string of the molecule is COc1nc(-c2cccc(-c3cccc(-c4nc5cc6c(c(OC(F)(F)F)c5o4)CC[C@H]6N4CC[C@@H](C(=O)O)C4)c3Cl)c2C)cnc1CN1CC[C@@H](O)C1. The monoisotopic (exact) mass is 763 g/mol. The van der Waals surface area contributed by atoms with Crippen LogP contribution in [0.1, 0.15) is 47.7 Å². The summed E-state index contributed by atoms with van der Waals surface area (Å²) in [5.41, 5.74) is 5.80. The van der Waals surface area contributed by atoms with E-state index >= 15 is 0 Å². The maximum atomic E-state index is 13.9. The van der Waals surface area contributed by atoms with E-state index in [0.717, 1.165) is 23.2 Å². The number of fused-ring (bicyclic) bond motifs is 2. The van der Waals surface area contributed by atoms with E-state index in [9.17, 15) is 28.2 Å². The minimum absolute atomic E-state index is 0.0294. The predicted molar refractivity (Wildman–Crippen MR) is 193 cm³/mol. The molecule has 3 aromatic carbocycles. The molecule has 282 valence electrons. The van der Waals surface area contributed by atoms with Crippen LogP contribution in [0.5, 0.6) is 11.6 Å². The van der Waals surface area contributed by atoms with Crippen LogP contribution in [0.3, 0.4) is 0 Å². The number of hydrogen-bond acceptors (Lipinski definition) is 10. The average molecular weight is 764 g/mol. The van der Waals surface area contributed by atoms with Crippen molar-refractivity contribution in [3.05, 3.63) is 76.1 Å². The van der Waals surface area contributed by atoms with Gasteiger partial charge in [-0.05, 0) is 68.0 Å². The zero-order valence-electron chi connectivity index (χ0n) is 29.5. The fourth-order valence-corrected chi connectivity index (χ4v) is 8.46. The van der Waals surface area contributed by atoms with E-state index in [-0.39, 0.29) is 34.2 Å². The van der Waals surface area contributed by atoms with Crippen LogP contribution in [0.2, 0.25) is 5.02 Å². The maximum Gasteiger partial charge on any atom is 0.573 e. The largest absolute Gasteiger partial charge is 0.573 e. The number of methoxy groups -OCH3 is 1. The lowest BCUT2D eigenvalue weighted by molar-refractivity contribution is -0.274. The first-order valence-electron chi connectivity index (χ1n) is 17.8. The third kappa shape index (κ3) is 6.76. The number of nitrogens with zero attached hydrogens (tertiary/aromatic N) is 5. The van der Waals surface area contributed by atoms with E-state index in [4.69, 9.17) is 25.7 Å². The number of aromatic nitrogens is 3. The van der Waals surface area contributed by atoms with Gasteiger partial charge in [0.1, 0.15) is 11.2 Å². The van der Waals surface area contributed by atoms with E-state index in [2.05, 4.69) is 19.6 Å². The molecule has 0 spiro atoms. The van der Waals surface area contributed by atoms with Crippen molar-refractivity contribution in [3.63, 3.8) is 0 Å². The van der Waals surface area contributed by atoms with E-state index < -0.39 is 24.0 Å². The van der Waals surface area contributed by atoms with Crippen molar-refractivity contribution in [2.75, 3.05) is 33.3 Å². The van der Waals surface area contributed by atoms with Gasteiger partial charge in [-0.15, -0.1) is 13.2 Å². The van der Waals surface area contributed by atoms with Crippen molar-refractivity contribution in [2.24, 2.45) is 5.92 Å². The fraction of sp³-hybridized carbons (Fsp3) is 0.385. The standard InChI is InChI=1S/C39H37ClF3N5O6/c1-20-23(5-3-6-24(20)30-16-44-31(37(46-30)52-2)19-47-13-12-22(49)18-47)25-7-4-8-27(33(25)40)36-45-29-15-28-26(34(35(29)53-36)54-39(41,42)43)9-10-32(28)48-14-11-21(17-48)38(50)51/h3-8,15-16,21-22,32,49H,9-14,17-19H2,1-2H3,(H,50,51)/t21-,22-,32-/m1/s1. The van der Waals surface area contributed by atoms with Crippen LogP contribution in [-0.2, 0) is 17.8 Å². The summed E-state index contributed by atoms with van der Waals surface area (Å²) < 4.78 is 57.9. The number of carbonyl (C=O) groups is 1. The van der Waals surface area contributed by atoms with Crippen molar-refractivity contribution in [1.82, 2.24) is 24.8 Å². The second kappa shape index (κ2) is 14.1. The van der Waals surface area contributed by atoms with E-state index in [0.29, 0.717) is 91.4 Å². The molecule has 3 aliphatic rings. The minimum Gasteiger partial charge on any atom is -0.481 e. The van der Waals surface area contributed by atoms with E-state index in [1.54, 1.807) is 31.5 Å². The molecule has 1 aliphatic carbocycles. The molecule has 4 heterocycles. The Balaban J connectivity index is 1.15. The molecule has 2 fully saturated rings. The van der Waals surface area contributed by atoms with Gasteiger partial charge in [-0.1, -0.05) is 41.9 Å². The van der Waals surface area contributed by atoms with Gasteiger partial charge in [-0.3, -0.25) is 19.6 Å². The maximum absolute atomic E-state index is 13.9. The molecule has 2 saturated heterocycles. The average Bonchev–Trinajstić information content (AvgIpc) is 3.95. The summed E-state index contributed by atoms with van der Waals surface area (Å²) in [6.45, 7) is 4.62. The molecule has 5 aromatic rings. The van der Waals surface area contributed by atoms with Crippen molar-refractivity contribution < 1.29 is 42.1 Å². The van der Waals surface area contributed by atoms with E-state index in [1.165, 1.54) is 0 Å². The second-order valence-electron chi connectivity index (χ2n) is 14.1. The molecule has 8 rings (SSSR count). The zero-order valence-corrected chi connectivity index (χ0v) is 30.2. The molecule has 15 heteroatoms. The number of benzene rings is 3. The van der Waals surface area contributed by atoms with Crippen LogP contribution in [-0.4, -0.2) is 86.7 Å². The first-order chi connectivity index (χ1) is 25.9. The first-order valence-corrected chi connectivity index (χ1v) is 18.1. The minimum atomic E-state index is -4.98. The molecular formula is C39H37ClF3N5O6.